The molecule has 1 amide bonds. The normalized spacial score (nSPS) is 12.7. The predicted molar refractivity (Wildman–Crippen MR) is 75.1 cm³/mol. The Balaban J connectivity index is 2.26. The first-order chi connectivity index (χ1) is 9.01. The Bertz CT molecular complexity index is 589. The van der Waals surface area contributed by atoms with Gasteiger partial charge in [0.2, 0.25) is 5.91 Å². The van der Waals surface area contributed by atoms with Crippen LogP contribution in [-0.4, -0.2) is 24.0 Å². The van der Waals surface area contributed by atoms with E-state index in [1.807, 2.05) is 39.0 Å². The van der Waals surface area contributed by atoms with Crippen molar-refractivity contribution in [3.63, 3.8) is 0 Å². The maximum Gasteiger partial charge on any atom is 0.296 e. The average molecular weight is 261 g/mol. The summed E-state index contributed by atoms with van der Waals surface area (Å²) < 4.78 is 5.60. The molecule has 0 aliphatic rings. The molecule has 0 aliphatic carbocycles. The third kappa shape index (κ3) is 2.86. The van der Waals surface area contributed by atoms with Crippen LogP contribution in [0.15, 0.2) is 22.6 Å². The molecule has 1 aromatic carbocycles. The summed E-state index contributed by atoms with van der Waals surface area (Å²) >= 11 is 0. The Morgan fingerprint density at radius 2 is 2.11 bits per heavy atom. The molecule has 0 saturated carbocycles. The first-order valence-corrected chi connectivity index (χ1v) is 6.36. The van der Waals surface area contributed by atoms with Gasteiger partial charge in [0, 0.05) is 7.05 Å². The number of oxazole rings is 1. The van der Waals surface area contributed by atoms with Gasteiger partial charge in [-0.25, -0.2) is 0 Å². The number of benzene rings is 1. The summed E-state index contributed by atoms with van der Waals surface area (Å²) in [5.41, 5.74) is 2.63. The smallest absolute Gasteiger partial charge is 0.296 e. The highest BCUT2D eigenvalue weighted by atomic mass is 16.4. The number of hydrogen-bond donors (Lipinski definition) is 2. The summed E-state index contributed by atoms with van der Waals surface area (Å²) in [5.74, 6) is 0.0603. The number of hydrogen-bond acceptors (Lipinski definition) is 4. The lowest BCUT2D eigenvalue weighted by atomic mass is 10.0. The fraction of sp³-hybridized carbons (Fsp3) is 0.429. The molecular formula is C14H19N3O2. The van der Waals surface area contributed by atoms with Crippen molar-refractivity contribution < 1.29 is 9.21 Å². The van der Waals surface area contributed by atoms with E-state index in [9.17, 15) is 4.79 Å². The highest BCUT2D eigenvalue weighted by molar-refractivity contribution is 5.84. The summed E-state index contributed by atoms with van der Waals surface area (Å²) in [7, 11) is 1.62. The van der Waals surface area contributed by atoms with Crippen LogP contribution in [-0.2, 0) is 4.79 Å². The molecule has 1 aromatic heterocycles. The summed E-state index contributed by atoms with van der Waals surface area (Å²) in [6.07, 6.45) is 0. The van der Waals surface area contributed by atoms with Crippen molar-refractivity contribution in [1.29, 1.82) is 0 Å². The van der Waals surface area contributed by atoms with E-state index in [1.54, 1.807) is 7.05 Å². The van der Waals surface area contributed by atoms with Crippen molar-refractivity contribution in [2.45, 2.75) is 26.8 Å². The van der Waals surface area contributed by atoms with Crippen LogP contribution in [0.2, 0.25) is 0 Å². The molecule has 102 valence electrons. The van der Waals surface area contributed by atoms with E-state index in [1.165, 1.54) is 0 Å². The predicted octanol–water partition coefficient (Wildman–Crippen LogP) is 2.32. The standard InChI is InChI=1S/C14H19N3O2/c1-8(2)12(13(18)15-4)17-14-16-10-7-9(3)5-6-11(10)19-14/h5-8,12H,1-4H3,(H,15,18)(H,16,17)/t12-/m0/s1. The van der Waals surface area contributed by atoms with E-state index in [-0.39, 0.29) is 17.9 Å². The molecule has 0 spiro atoms. The van der Waals surface area contributed by atoms with Gasteiger partial charge in [-0.05, 0) is 30.5 Å². The molecule has 2 rings (SSSR count). The number of aryl methyl sites for hydroxylation is 1. The summed E-state index contributed by atoms with van der Waals surface area (Å²) in [6.45, 7) is 5.95. The van der Waals surface area contributed by atoms with Gasteiger partial charge in [-0.2, -0.15) is 4.98 Å². The first kappa shape index (κ1) is 13.4. The van der Waals surface area contributed by atoms with Crippen LogP contribution in [0.25, 0.3) is 11.1 Å². The number of amides is 1. The first-order valence-electron chi connectivity index (χ1n) is 6.36. The zero-order valence-corrected chi connectivity index (χ0v) is 11.7. The summed E-state index contributed by atoms with van der Waals surface area (Å²) in [4.78, 5) is 16.1. The van der Waals surface area contributed by atoms with Gasteiger partial charge in [0.15, 0.2) is 5.58 Å². The molecule has 0 bridgehead atoms. The van der Waals surface area contributed by atoms with Gasteiger partial charge < -0.3 is 15.1 Å². The van der Waals surface area contributed by atoms with Crippen LogP contribution < -0.4 is 10.6 Å². The van der Waals surface area contributed by atoms with Crippen LogP contribution >= 0.6 is 0 Å². The quantitative estimate of drug-likeness (QED) is 0.886. The molecule has 1 heterocycles. The van der Waals surface area contributed by atoms with Crippen molar-refractivity contribution in [3.8, 4) is 0 Å². The molecule has 0 unspecified atom stereocenters. The number of aromatic nitrogens is 1. The number of carbonyl (C=O) groups excluding carboxylic acids is 1. The van der Waals surface area contributed by atoms with Crippen molar-refractivity contribution in [3.05, 3.63) is 23.8 Å². The van der Waals surface area contributed by atoms with E-state index < -0.39 is 0 Å². The number of fused-ring (bicyclic) bond motifs is 1. The summed E-state index contributed by atoms with van der Waals surface area (Å²) in [5, 5.41) is 5.69. The fourth-order valence-corrected chi connectivity index (χ4v) is 1.92. The van der Waals surface area contributed by atoms with Crippen LogP contribution in [0.3, 0.4) is 0 Å². The largest absolute Gasteiger partial charge is 0.424 e. The zero-order valence-electron chi connectivity index (χ0n) is 11.7. The third-order valence-corrected chi connectivity index (χ3v) is 3.02. The van der Waals surface area contributed by atoms with Gasteiger partial charge in [0.1, 0.15) is 11.6 Å². The maximum atomic E-state index is 11.8. The topological polar surface area (TPSA) is 67.2 Å². The number of nitrogens with zero attached hydrogens (tertiary/aromatic N) is 1. The van der Waals surface area contributed by atoms with E-state index in [0.717, 1.165) is 11.1 Å². The number of likely N-dealkylation sites (N-methyl/N-ethyl adjacent to an activating group) is 1. The molecule has 0 radical (unpaired) electrons. The molecule has 0 aliphatic heterocycles. The van der Waals surface area contributed by atoms with Gasteiger partial charge in [0.05, 0.1) is 0 Å². The average Bonchev–Trinajstić information content (AvgIpc) is 2.76. The molecule has 5 nitrogen and oxygen atoms in total. The SMILES string of the molecule is CNC(=O)[C@@H](Nc1nc2cc(C)ccc2o1)C(C)C. The molecule has 2 N–H and O–H groups in total. The number of nitrogens with one attached hydrogen (secondary N) is 2. The van der Waals surface area contributed by atoms with Crippen LogP contribution in [0.5, 0.6) is 0 Å². The Kier molecular flexibility index (Phi) is 3.74. The van der Waals surface area contributed by atoms with Gasteiger partial charge >= 0.3 is 0 Å². The molecule has 0 fully saturated rings. The highest BCUT2D eigenvalue weighted by Crippen LogP contribution is 2.21. The summed E-state index contributed by atoms with van der Waals surface area (Å²) in [6, 6.07) is 5.82. The molecule has 5 heteroatoms. The number of anilines is 1. The Morgan fingerprint density at radius 1 is 1.37 bits per heavy atom. The second kappa shape index (κ2) is 5.30. The highest BCUT2D eigenvalue weighted by Gasteiger charge is 2.22. The Hall–Kier alpha value is -2.04. The third-order valence-electron chi connectivity index (χ3n) is 3.02. The zero-order chi connectivity index (χ0) is 14.0. The van der Waals surface area contributed by atoms with Gasteiger partial charge in [-0.3, -0.25) is 4.79 Å². The number of rotatable bonds is 4. The monoisotopic (exact) mass is 261 g/mol. The molecule has 0 saturated heterocycles. The van der Waals surface area contributed by atoms with E-state index in [2.05, 4.69) is 15.6 Å². The van der Waals surface area contributed by atoms with E-state index in [4.69, 9.17) is 4.42 Å². The second-order valence-electron chi connectivity index (χ2n) is 4.97. The van der Waals surface area contributed by atoms with Crippen molar-refractivity contribution in [2.75, 3.05) is 12.4 Å². The van der Waals surface area contributed by atoms with Crippen molar-refractivity contribution in [2.24, 2.45) is 5.92 Å². The minimum atomic E-state index is -0.362. The maximum absolute atomic E-state index is 11.8. The van der Waals surface area contributed by atoms with Crippen LogP contribution in [0, 0.1) is 12.8 Å². The lowest BCUT2D eigenvalue weighted by Gasteiger charge is -2.19. The van der Waals surface area contributed by atoms with Crippen molar-refractivity contribution >= 4 is 23.0 Å². The van der Waals surface area contributed by atoms with Crippen molar-refractivity contribution in [1.82, 2.24) is 10.3 Å². The molecular weight excluding hydrogens is 242 g/mol. The van der Waals surface area contributed by atoms with E-state index in [0.29, 0.717) is 11.6 Å². The van der Waals surface area contributed by atoms with Gasteiger partial charge in [-0.1, -0.05) is 19.9 Å². The second-order valence-corrected chi connectivity index (χ2v) is 4.97. The van der Waals surface area contributed by atoms with Crippen LogP contribution in [0.4, 0.5) is 6.01 Å². The molecule has 19 heavy (non-hydrogen) atoms. The lowest BCUT2D eigenvalue weighted by molar-refractivity contribution is -0.122. The minimum absolute atomic E-state index is 0.0755. The number of carbonyl (C=O) groups is 1. The molecule has 1 atom stereocenters. The lowest BCUT2D eigenvalue weighted by Crippen LogP contribution is -2.41. The molecule has 2 aromatic rings. The Morgan fingerprint density at radius 3 is 2.74 bits per heavy atom. The Labute approximate surface area is 112 Å². The van der Waals surface area contributed by atoms with Crippen LogP contribution in [0.1, 0.15) is 19.4 Å². The van der Waals surface area contributed by atoms with Gasteiger partial charge in [0.25, 0.3) is 6.01 Å². The fourth-order valence-electron chi connectivity index (χ4n) is 1.92. The van der Waals surface area contributed by atoms with Gasteiger partial charge in [-0.15, -0.1) is 0 Å². The minimum Gasteiger partial charge on any atom is -0.424 e. The van der Waals surface area contributed by atoms with E-state index >= 15 is 0 Å².